The largest absolute Gasteiger partial charge is 2.00 e. The summed E-state index contributed by atoms with van der Waals surface area (Å²) in [5.74, 6) is 0. The summed E-state index contributed by atoms with van der Waals surface area (Å²) in [6.07, 6.45) is 0. The molecule has 0 aliphatic rings. The van der Waals surface area contributed by atoms with Crippen LogP contribution in [0, 0.1) is 0 Å². The molecule has 0 rings (SSSR count). The van der Waals surface area contributed by atoms with Crippen molar-refractivity contribution in [2.75, 3.05) is 0 Å². The van der Waals surface area contributed by atoms with Crippen molar-refractivity contribution < 1.29 is 0 Å². The summed E-state index contributed by atoms with van der Waals surface area (Å²) < 4.78 is 0. The molecular weight excluding hydrogens is 221 g/mol. The SMILES string of the molecule is [Ba+2].[N-]=[N+]=[N-].[N-]=[N+]=[N-]. The van der Waals surface area contributed by atoms with Crippen molar-refractivity contribution >= 4 is 48.9 Å². The predicted molar refractivity (Wildman–Crippen MR) is 25.9 cm³/mol. The van der Waals surface area contributed by atoms with E-state index in [1.165, 1.54) is 9.82 Å². The van der Waals surface area contributed by atoms with Crippen molar-refractivity contribution in [3.63, 3.8) is 0 Å². The summed E-state index contributed by atoms with van der Waals surface area (Å²) in [6.45, 7) is 0. The van der Waals surface area contributed by atoms with E-state index in [1.54, 1.807) is 0 Å². The maximum atomic E-state index is 6.75. The van der Waals surface area contributed by atoms with Gasteiger partial charge in [0.15, 0.2) is 0 Å². The first-order valence-corrected chi connectivity index (χ1v) is 0.800. The number of rotatable bonds is 0. The van der Waals surface area contributed by atoms with Gasteiger partial charge in [0.1, 0.15) is 0 Å². The molecule has 0 saturated heterocycles. The van der Waals surface area contributed by atoms with Crippen LogP contribution in [0.25, 0.3) is 31.9 Å². The zero-order valence-corrected chi connectivity index (χ0v) is 7.83. The summed E-state index contributed by atoms with van der Waals surface area (Å²) in [5, 5.41) is 0. The zero-order chi connectivity index (χ0) is 5.41. The second kappa shape index (κ2) is 34.7. The van der Waals surface area contributed by atoms with E-state index < -0.39 is 0 Å². The van der Waals surface area contributed by atoms with Crippen LogP contribution in [0.4, 0.5) is 0 Å². The van der Waals surface area contributed by atoms with Crippen molar-refractivity contribution in [1.82, 2.24) is 0 Å². The standard InChI is InChI=1S/Ba.2N3/c;2*1-3-2/q+2;2*-1. The summed E-state index contributed by atoms with van der Waals surface area (Å²) in [6, 6.07) is 0. The van der Waals surface area contributed by atoms with Crippen molar-refractivity contribution in [1.29, 1.82) is 0 Å². The van der Waals surface area contributed by atoms with Gasteiger partial charge in [0.05, 0.1) is 0 Å². The molecule has 0 radical (unpaired) electrons. The number of hydrogen-bond acceptors (Lipinski definition) is 0. The summed E-state index contributed by atoms with van der Waals surface area (Å²) in [5.41, 5.74) is 27.0. The van der Waals surface area contributed by atoms with Crippen molar-refractivity contribution in [2.24, 2.45) is 0 Å². The summed E-state index contributed by atoms with van der Waals surface area (Å²) >= 11 is 0. The van der Waals surface area contributed by atoms with Gasteiger partial charge in [0, 0.05) is 0 Å². The van der Waals surface area contributed by atoms with E-state index in [0.717, 1.165) is 0 Å². The van der Waals surface area contributed by atoms with E-state index in [-0.39, 0.29) is 48.9 Å². The van der Waals surface area contributed by atoms with Gasteiger partial charge in [0.2, 0.25) is 0 Å². The Morgan fingerprint density at radius 3 is 0.714 bits per heavy atom. The molecule has 6 nitrogen and oxygen atoms in total. The second-order valence-corrected chi connectivity index (χ2v) is 0.179. The normalized spacial score (nSPS) is 2.29. The minimum absolute atomic E-state index is 0. The minimum Gasteiger partial charge on any atom is -0.373 e. The third-order valence-electron chi connectivity index (χ3n) is 0. The maximum absolute atomic E-state index is 6.75. The molecule has 0 saturated carbocycles. The molecule has 0 N–H and O–H groups in total. The Labute approximate surface area is 79.8 Å². The van der Waals surface area contributed by atoms with E-state index >= 15 is 0 Å². The molecule has 0 spiro atoms. The van der Waals surface area contributed by atoms with Crippen molar-refractivity contribution in [3.8, 4) is 0 Å². The van der Waals surface area contributed by atoms with Gasteiger partial charge >= 0.3 is 48.9 Å². The zero-order valence-electron chi connectivity index (χ0n) is 3.39. The number of hydrogen-bond donors (Lipinski definition) is 0. The molecule has 0 aliphatic carbocycles. The molecule has 0 amide bonds. The van der Waals surface area contributed by atoms with Gasteiger partial charge in [0.25, 0.3) is 0 Å². The van der Waals surface area contributed by atoms with Crippen LogP contribution < -0.4 is 0 Å². The molecule has 7 heteroatoms. The predicted octanol–water partition coefficient (Wildman–Crippen LogP) is 1.35. The Morgan fingerprint density at radius 2 is 0.714 bits per heavy atom. The topological polar surface area (TPSA) is 117 Å². The van der Waals surface area contributed by atoms with Crippen LogP contribution in [-0.4, -0.2) is 48.9 Å². The average Bonchev–Trinajstić information content (AvgIpc) is 1.39. The van der Waals surface area contributed by atoms with Gasteiger partial charge in [-0.25, -0.2) is 0 Å². The third-order valence-corrected chi connectivity index (χ3v) is 0. The van der Waals surface area contributed by atoms with Gasteiger partial charge in [-0.05, 0) is 0 Å². The van der Waals surface area contributed by atoms with Gasteiger partial charge in [-0.2, -0.15) is 0 Å². The Bertz CT molecular complexity index is 58.2. The third kappa shape index (κ3) is 2970. The molecule has 7 heavy (non-hydrogen) atoms. The van der Waals surface area contributed by atoms with Crippen molar-refractivity contribution in [2.45, 2.75) is 0 Å². The van der Waals surface area contributed by atoms with Crippen LogP contribution >= 0.6 is 0 Å². The fraction of sp³-hybridized carbons (Fsp3) is 0. The van der Waals surface area contributed by atoms with Crippen molar-refractivity contribution in [3.05, 3.63) is 31.9 Å². The fourth-order valence-electron chi connectivity index (χ4n) is 0. The van der Waals surface area contributed by atoms with E-state index in [4.69, 9.17) is 22.1 Å². The summed E-state index contributed by atoms with van der Waals surface area (Å²) in [4.78, 5) is 3.00. The first-order chi connectivity index (χ1) is 2.83. The smallest absolute Gasteiger partial charge is 0.373 e. The Kier molecular flexibility index (Phi) is 77.9. The van der Waals surface area contributed by atoms with Crippen LogP contribution in [0.2, 0.25) is 0 Å². The Hall–Kier alpha value is 0.191. The molecule has 0 aromatic rings. The molecule has 32 valence electrons. The Balaban J connectivity index is -0.0000000400. The molecule has 0 unspecified atom stereocenters. The molecule has 0 aromatic heterocycles. The van der Waals surface area contributed by atoms with E-state index in [1.807, 2.05) is 0 Å². The second-order valence-electron chi connectivity index (χ2n) is 0.179. The molecule has 0 bridgehead atoms. The van der Waals surface area contributed by atoms with Crippen LogP contribution in [0.1, 0.15) is 0 Å². The van der Waals surface area contributed by atoms with Crippen LogP contribution in [0.5, 0.6) is 0 Å². The summed E-state index contributed by atoms with van der Waals surface area (Å²) in [7, 11) is 0. The molecular formula is BaN6. The van der Waals surface area contributed by atoms with Crippen LogP contribution in [0.15, 0.2) is 0 Å². The van der Waals surface area contributed by atoms with Gasteiger partial charge in [-0.3, -0.25) is 9.82 Å². The maximum Gasteiger partial charge on any atom is 2.00 e. The van der Waals surface area contributed by atoms with E-state index in [2.05, 4.69) is 0 Å². The first kappa shape index (κ1) is 15.7. The van der Waals surface area contributed by atoms with Gasteiger partial charge < -0.3 is 22.1 Å². The quantitative estimate of drug-likeness (QED) is 0.254. The molecule has 0 heterocycles. The monoisotopic (exact) mass is 222 g/mol. The van der Waals surface area contributed by atoms with Gasteiger partial charge in [-0.1, -0.05) is 0 Å². The Morgan fingerprint density at radius 1 is 0.714 bits per heavy atom. The number of nitrogens with zero attached hydrogens (tertiary/aromatic N) is 6. The first-order valence-electron chi connectivity index (χ1n) is 0.800. The molecule has 0 atom stereocenters. The van der Waals surface area contributed by atoms with Crippen LogP contribution in [0.3, 0.4) is 0 Å². The molecule has 0 fully saturated rings. The molecule has 0 aliphatic heterocycles. The van der Waals surface area contributed by atoms with E-state index in [9.17, 15) is 0 Å². The minimum atomic E-state index is 0. The van der Waals surface area contributed by atoms with E-state index in [0.29, 0.717) is 0 Å². The average molecular weight is 221 g/mol. The van der Waals surface area contributed by atoms with Gasteiger partial charge in [-0.15, -0.1) is 0 Å². The fourth-order valence-corrected chi connectivity index (χ4v) is 0. The molecule has 0 aromatic carbocycles. The van der Waals surface area contributed by atoms with Crippen LogP contribution in [-0.2, 0) is 0 Å².